The second kappa shape index (κ2) is 10.0. The van der Waals surface area contributed by atoms with Gasteiger partial charge in [-0.3, -0.25) is 4.79 Å². The number of nitrogens with one attached hydrogen (secondary N) is 2. The van der Waals surface area contributed by atoms with E-state index < -0.39 is 18.0 Å². The molecule has 0 bridgehead atoms. The molecule has 5 rings (SSSR count). The first kappa shape index (κ1) is 25.0. The number of alkyl halides is 3. The molecule has 0 aliphatic heterocycles. The lowest BCUT2D eigenvalue weighted by Gasteiger charge is -2.11. The Balaban J connectivity index is 1.37. The average molecular weight is 542 g/mol. The van der Waals surface area contributed by atoms with Crippen molar-refractivity contribution in [2.24, 2.45) is 0 Å². The third-order valence-electron chi connectivity index (χ3n) is 5.34. The summed E-state index contributed by atoms with van der Waals surface area (Å²) < 4.78 is 52.9. The normalized spacial score (nSPS) is 11.4. The van der Waals surface area contributed by atoms with E-state index >= 15 is 0 Å². The summed E-state index contributed by atoms with van der Waals surface area (Å²) in [5.74, 6) is 0.519. The number of methoxy groups -OCH3 is 2. The highest BCUT2D eigenvalue weighted by Crippen LogP contribution is 2.36. The molecule has 0 aliphatic carbocycles. The van der Waals surface area contributed by atoms with Crippen molar-refractivity contribution in [1.29, 1.82) is 0 Å². The number of aromatic nitrogens is 3. The molecule has 2 heterocycles. The SMILES string of the molecule is COc1cc2ncnc(Nc3nc4ccc(NC(=O)c5cccc(OC(F)(F)F)c5)cc4s3)c2cc1OC. The molecule has 5 aromatic rings. The molecule has 0 saturated carbocycles. The Hall–Kier alpha value is -4.65. The number of fused-ring (bicyclic) bond motifs is 2. The lowest BCUT2D eigenvalue weighted by Crippen LogP contribution is -2.18. The minimum atomic E-state index is -4.85. The fourth-order valence-corrected chi connectivity index (χ4v) is 4.58. The van der Waals surface area contributed by atoms with Crippen LogP contribution in [0.2, 0.25) is 0 Å². The van der Waals surface area contributed by atoms with E-state index in [0.29, 0.717) is 44.6 Å². The van der Waals surface area contributed by atoms with E-state index in [0.717, 1.165) is 16.8 Å². The maximum Gasteiger partial charge on any atom is 0.573 e. The summed E-state index contributed by atoms with van der Waals surface area (Å²) in [6.45, 7) is 0. The highest BCUT2D eigenvalue weighted by molar-refractivity contribution is 7.22. The van der Waals surface area contributed by atoms with Gasteiger partial charge in [0.15, 0.2) is 16.6 Å². The number of hydrogen-bond donors (Lipinski definition) is 2. The van der Waals surface area contributed by atoms with Crippen LogP contribution in [0.5, 0.6) is 17.2 Å². The summed E-state index contributed by atoms with van der Waals surface area (Å²) in [5, 5.41) is 7.14. The molecule has 0 saturated heterocycles. The van der Waals surface area contributed by atoms with Crippen LogP contribution in [0.1, 0.15) is 10.4 Å². The van der Waals surface area contributed by atoms with Crippen LogP contribution < -0.4 is 24.8 Å². The zero-order chi connectivity index (χ0) is 26.9. The molecule has 0 unspecified atom stereocenters. The molecule has 9 nitrogen and oxygen atoms in total. The standard InChI is InChI=1S/C25H18F3N5O4S/c1-35-19-10-16-18(11-20(19)36-2)29-12-30-22(16)33-24-32-17-7-6-14(9-21(17)38-24)31-23(34)13-4-3-5-15(8-13)37-25(26,27)28/h3-12H,1-2H3,(H,31,34)(H,29,30,32,33). The molecule has 0 spiro atoms. The topological polar surface area (TPSA) is 107 Å². The van der Waals surface area contributed by atoms with Crippen LogP contribution in [0.3, 0.4) is 0 Å². The predicted octanol–water partition coefficient (Wildman–Crippen LogP) is 6.15. The molecule has 1 amide bonds. The van der Waals surface area contributed by atoms with Gasteiger partial charge in [0.25, 0.3) is 5.91 Å². The van der Waals surface area contributed by atoms with E-state index in [9.17, 15) is 18.0 Å². The minimum absolute atomic E-state index is 0.0150. The molecule has 38 heavy (non-hydrogen) atoms. The van der Waals surface area contributed by atoms with Gasteiger partial charge in [0.2, 0.25) is 0 Å². The number of ether oxygens (including phenoxy) is 3. The number of carbonyl (C=O) groups excluding carboxylic acids is 1. The first-order valence-electron chi connectivity index (χ1n) is 10.9. The molecule has 2 aromatic heterocycles. The number of rotatable bonds is 7. The molecule has 0 atom stereocenters. The molecule has 194 valence electrons. The summed E-state index contributed by atoms with van der Waals surface area (Å²) in [6.07, 6.45) is -3.43. The van der Waals surface area contributed by atoms with Crippen molar-refractivity contribution in [3.8, 4) is 17.2 Å². The van der Waals surface area contributed by atoms with Crippen LogP contribution in [-0.2, 0) is 0 Å². The number of anilines is 3. The Morgan fingerprint density at radius 1 is 0.947 bits per heavy atom. The molecule has 3 aromatic carbocycles. The molecule has 13 heteroatoms. The van der Waals surface area contributed by atoms with Crippen LogP contribution in [0.25, 0.3) is 21.1 Å². The Labute approximate surface area is 217 Å². The molecular formula is C25H18F3N5O4S. The summed E-state index contributed by atoms with van der Waals surface area (Å²) >= 11 is 1.33. The Morgan fingerprint density at radius 3 is 2.50 bits per heavy atom. The van der Waals surface area contributed by atoms with E-state index in [-0.39, 0.29) is 5.56 Å². The fourth-order valence-electron chi connectivity index (χ4n) is 3.68. The molecular weight excluding hydrogens is 523 g/mol. The highest BCUT2D eigenvalue weighted by atomic mass is 32.1. The average Bonchev–Trinajstić information content (AvgIpc) is 3.28. The lowest BCUT2D eigenvalue weighted by atomic mass is 10.2. The Morgan fingerprint density at radius 2 is 1.74 bits per heavy atom. The summed E-state index contributed by atoms with van der Waals surface area (Å²) in [5.41, 5.74) is 1.79. The summed E-state index contributed by atoms with van der Waals surface area (Å²) in [4.78, 5) is 25.8. The quantitative estimate of drug-likeness (QED) is 0.253. The summed E-state index contributed by atoms with van der Waals surface area (Å²) in [6, 6.07) is 13.5. The lowest BCUT2D eigenvalue weighted by molar-refractivity contribution is -0.274. The maximum absolute atomic E-state index is 12.6. The van der Waals surface area contributed by atoms with Crippen molar-refractivity contribution >= 4 is 55.0 Å². The van der Waals surface area contributed by atoms with Gasteiger partial charge in [0, 0.05) is 22.7 Å². The molecule has 0 fully saturated rings. The van der Waals surface area contributed by atoms with Crippen molar-refractivity contribution in [2.75, 3.05) is 24.9 Å². The van der Waals surface area contributed by atoms with Gasteiger partial charge < -0.3 is 24.8 Å². The second-order valence-corrected chi connectivity index (χ2v) is 8.83. The first-order valence-corrected chi connectivity index (χ1v) is 11.8. The van der Waals surface area contributed by atoms with Crippen molar-refractivity contribution in [3.63, 3.8) is 0 Å². The van der Waals surface area contributed by atoms with Crippen LogP contribution >= 0.6 is 11.3 Å². The second-order valence-electron chi connectivity index (χ2n) is 7.80. The van der Waals surface area contributed by atoms with Crippen LogP contribution in [0, 0.1) is 0 Å². The number of halogens is 3. The van der Waals surface area contributed by atoms with Gasteiger partial charge in [-0.25, -0.2) is 15.0 Å². The number of amides is 1. The monoisotopic (exact) mass is 541 g/mol. The zero-order valence-electron chi connectivity index (χ0n) is 19.8. The van der Waals surface area contributed by atoms with Crippen LogP contribution in [0.15, 0.2) is 60.9 Å². The van der Waals surface area contributed by atoms with Gasteiger partial charge in [-0.15, -0.1) is 13.2 Å². The van der Waals surface area contributed by atoms with Gasteiger partial charge in [0.05, 0.1) is 30.0 Å². The summed E-state index contributed by atoms with van der Waals surface area (Å²) in [7, 11) is 3.08. The van der Waals surface area contributed by atoms with Crippen LogP contribution in [-0.4, -0.2) is 41.4 Å². The number of carbonyl (C=O) groups is 1. The highest BCUT2D eigenvalue weighted by Gasteiger charge is 2.31. The van der Waals surface area contributed by atoms with Gasteiger partial charge >= 0.3 is 6.36 Å². The first-order chi connectivity index (χ1) is 18.2. The number of nitrogens with zero attached hydrogens (tertiary/aromatic N) is 3. The smallest absolute Gasteiger partial charge is 0.493 e. The third-order valence-corrected chi connectivity index (χ3v) is 6.28. The van der Waals surface area contributed by atoms with Crippen LogP contribution in [0.4, 0.5) is 29.8 Å². The van der Waals surface area contributed by atoms with Crippen molar-refractivity contribution < 1.29 is 32.2 Å². The van der Waals surface area contributed by atoms with Gasteiger partial charge in [-0.1, -0.05) is 17.4 Å². The Kier molecular flexibility index (Phi) is 6.59. The van der Waals surface area contributed by atoms with Gasteiger partial charge in [0.1, 0.15) is 17.9 Å². The molecule has 0 aliphatic rings. The molecule has 0 radical (unpaired) electrons. The van der Waals surface area contributed by atoms with Crippen molar-refractivity contribution in [3.05, 3.63) is 66.5 Å². The van der Waals surface area contributed by atoms with E-state index in [1.807, 2.05) is 0 Å². The minimum Gasteiger partial charge on any atom is -0.493 e. The molecule has 2 N–H and O–H groups in total. The van der Waals surface area contributed by atoms with Gasteiger partial charge in [-0.05, 0) is 42.5 Å². The van der Waals surface area contributed by atoms with Crippen molar-refractivity contribution in [1.82, 2.24) is 15.0 Å². The third kappa shape index (κ3) is 5.37. The van der Waals surface area contributed by atoms with E-state index in [1.165, 1.54) is 36.9 Å². The van der Waals surface area contributed by atoms with E-state index in [1.54, 1.807) is 37.4 Å². The maximum atomic E-state index is 12.6. The number of benzene rings is 3. The van der Waals surface area contributed by atoms with Crippen molar-refractivity contribution in [2.45, 2.75) is 6.36 Å². The number of thiazole rings is 1. The zero-order valence-corrected chi connectivity index (χ0v) is 20.6. The largest absolute Gasteiger partial charge is 0.573 e. The fraction of sp³-hybridized carbons (Fsp3) is 0.120. The number of hydrogen-bond acceptors (Lipinski definition) is 9. The van der Waals surface area contributed by atoms with E-state index in [4.69, 9.17) is 9.47 Å². The predicted molar refractivity (Wildman–Crippen MR) is 137 cm³/mol. The van der Waals surface area contributed by atoms with E-state index in [2.05, 4.69) is 30.3 Å². The Bertz CT molecular complexity index is 1660. The van der Waals surface area contributed by atoms with Gasteiger partial charge in [-0.2, -0.15) is 0 Å².